The van der Waals surface area contributed by atoms with Gasteiger partial charge >= 0.3 is 5.97 Å². The lowest BCUT2D eigenvalue weighted by Gasteiger charge is -2.30. The van der Waals surface area contributed by atoms with E-state index < -0.39 is 5.54 Å². The molecule has 1 aliphatic carbocycles. The van der Waals surface area contributed by atoms with Crippen molar-refractivity contribution in [3.63, 3.8) is 0 Å². The lowest BCUT2D eigenvalue weighted by Crippen LogP contribution is -2.53. The van der Waals surface area contributed by atoms with Crippen LogP contribution in [0.5, 0.6) is 0 Å². The van der Waals surface area contributed by atoms with Crippen LogP contribution in [0.2, 0.25) is 0 Å². The molecule has 2 rings (SSSR count). The number of aromatic nitrogens is 2. The van der Waals surface area contributed by atoms with Crippen LogP contribution in [0.4, 0.5) is 0 Å². The molecule has 1 aromatic heterocycles. The summed E-state index contributed by atoms with van der Waals surface area (Å²) < 4.78 is 5.00. The van der Waals surface area contributed by atoms with Crippen molar-refractivity contribution in [1.82, 2.24) is 15.3 Å². The average molecular weight is 295 g/mol. The highest BCUT2D eigenvalue weighted by Crippen LogP contribution is 2.40. The van der Waals surface area contributed by atoms with E-state index in [1.165, 1.54) is 7.11 Å². The third-order valence-electron chi connectivity index (χ3n) is 3.44. The van der Waals surface area contributed by atoms with Gasteiger partial charge in [0.2, 0.25) is 0 Å². The van der Waals surface area contributed by atoms with Gasteiger partial charge in [0.1, 0.15) is 10.6 Å². The molecule has 5 nitrogen and oxygen atoms in total. The quantitative estimate of drug-likeness (QED) is 0.839. The van der Waals surface area contributed by atoms with E-state index in [1.54, 1.807) is 30.4 Å². The summed E-state index contributed by atoms with van der Waals surface area (Å²) in [5.74, 6) is -0.159. The van der Waals surface area contributed by atoms with E-state index in [1.807, 2.05) is 13.8 Å². The van der Waals surface area contributed by atoms with Crippen LogP contribution >= 0.6 is 11.8 Å². The predicted molar refractivity (Wildman–Crippen MR) is 78.5 cm³/mol. The number of methoxy groups -OCH3 is 1. The molecule has 1 aliphatic rings. The number of nitrogens with zero attached hydrogens (tertiary/aromatic N) is 2. The van der Waals surface area contributed by atoms with Gasteiger partial charge in [-0.2, -0.15) is 0 Å². The molecule has 0 radical (unpaired) electrons. The number of carbonyl (C=O) groups is 1. The van der Waals surface area contributed by atoms with E-state index in [-0.39, 0.29) is 12.0 Å². The van der Waals surface area contributed by atoms with Crippen LogP contribution in [-0.4, -0.2) is 39.9 Å². The SMILES string of the molecule is COC(=O)C1(NC(C)C)CCC(Sc2cnccn2)C1. The third kappa shape index (κ3) is 3.49. The van der Waals surface area contributed by atoms with E-state index >= 15 is 0 Å². The summed E-state index contributed by atoms with van der Waals surface area (Å²) in [5, 5.41) is 4.66. The fourth-order valence-corrected chi connectivity index (χ4v) is 3.93. The van der Waals surface area contributed by atoms with Crippen molar-refractivity contribution in [3.05, 3.63) is 18.6 Å². The fraction of sp³-hybridized carbons (Fsp3) is 0.643. The van der Waals surface area contributed by atoms with Crippen molar-refractivity contribution >= 4 is 17.7 Å². The zero-order chi connectivity index (χ0) is 14.6. The summed E-state index contributed by atoms with van der Waals surface area (Å²) in [7, 11) is 1.45. The summed E-state index contributed by atoms with van der Waals surface area (Å²) >= 11 is 1.69. The Morgan fingerprint density at radius 2 is 2.35 bits per heavy atom. The Kier molecular flexibility index (Phi) is 4.99. The van der Waals surface area contributed by atoms with Gasteiger partial charge < -0.3 is 4.74 Å². The number of thioether (sulfide) groups is 1. The lowest BCUT2D eigenvalue weighted by molar-refractivity contribution is -0.148. The molecular formula is C14H21N3O2S. The number of hydrogen-bond acceptors (Lipinski definition) is 6. The summed E-state index contributed by atoms with van der Waals surface area (Å²) in [5.41, 5.74) is -0.553. The van der Waals surface area contributed by atoms with Gasteiger partial charge in [0.05, 0.1) is 13.3 Å². The molecule has 20 heavy (non-hydrogen) atoms. The summed E-state index contributed by atoms with van der Waals surface area (Å²) in [4.78, 5) is 20.5. The highest BCUT2D eigenvalue weighted by molar-refractivity contribution is 7.99. The largest absolute Gasteiger partial charge is 0.468 e. The molecule has 1 heterocycles. The number of carbonyl (C=O) groups excluding carboxylic acids is 1. The van der Waals surface area contributed by atoms with E-state index in [0.717, 1.165) is 24.3 Å². The maximum atomic E-state index is 12.1. The summed E-state index contributed by atoms with van der Waals surface area (Å²) in [6.45, 7) is 4.10. The third-order valence-corrected chi connectivity index (χ3v) is 4.63. The van der Waals surface area contributed by atoms with Crippen molar-refractivity contribution in [3.8, 4) is 0 Å². The van der Waals surface area contributed by atoms with Gasteiger partial charge in [-0.3, -0.25) is 15.1 Å². The van der Waals surface area contributed by atoms with Crippen LogP contribution < -0.4 is 5.32 Å². The first-order chi connectivity index (χ1) is 9.55. The lowest BCUT2D eigenvalue weighted by atomic mass is 9.97. The van der Waals surface area contributed by atoms with Crippen LogP contribution in [0.15, 0.2) is 23.6 Å². The molecule has 0 saturated heterocycles. The number of rotatable bonds is 5. The van der Waals surface area contributed by atoms with Gasteiger partial charge in [-0.25, -0.2) is 4.98 Å². The van der Waals surface area contributed by atoms with Gasteiger partial charge in [0.15, 0.2) is 0 Å². The molecule has 0 aromatic carbocycles. The maximum Gasteiger partial charge on any atom is 0.326 e. The standard InChI is InChI=1S/C14H21N3O2S/c1-10(2)17-14(13(18)19-3)5-4-11(8-14)20-12-9-15-6-7-16-12/h6-7,9-11,17H,4-5,8H2,1-3H3. The van der Waals surface area contributed by atoms with Gasteiger partial charge in [-0.15, -0.1) is 11.8 Å². The van der Waals surface area contributed by atoms with Gasteiger partial charge in [0, 0.05) is 23.7 Å². The van der Waals surface area contributed by atoms with Crippen LogP contribution in [0, 0.1) is 0 Å². The monoisotopic (exact) mass is 295 g/mol. The highest BCUT2D eigenvalue weighted by atomic mass is 32.2. The molecule has 0 amide bonds. The Morgan fingerprint density at radius 3 is 2.95 bits per heavy atom. The molecule has 1 N–H and O–H groups in total. The minimum absolute atomic E-state index is 0.159. The predicted octanol–water partition coefficient (Wildman–Crippen LogP) is 2.03. The van der Waals surface area contributed by atoms with Crippen molar-refractivity contribution in [1.29, 1.82) is 0 Å². The van der Waals surface area contributed by atoms with Crippen molar-refractivity contribution in [2.45, 2.75) is 55.0 Å². The number of nitrogens with one attached hydrogen (secondary N) is 1. The second-order valence-corrected chi connectivity index (χ2v) is 6.72. The average Bonchev–Trinajstić information content (AvgIpc) is 2.82. The molecule has 0 aliphatic heterocycles. The van der Waals surface area contributed by atoms with Crippen molar-refractivity contribution in [2.75, 3.05) is 7.11 Å². The Hall–Kier alpha value is -1.14. The zero-order valence-corrected chi connectivity index (χ0v) is 12.9. The van der Waals surface area contributed by atoms with Gasteiger partial charge in [0.25, 0.3) is 0 Å². The first-order valence-corrected chi connectivity index (χ1v) is 7.72. The van der Waals surface area contributed by atoms with Crippen molar-refractivity contribution < 1.29 is 9.53 Å². The van der Waals surface area contributed by atoms with Gasteiger partial charge in [-0.1, -0.05) is 0 Å². The molecule has 0 bridgehead atoms. The minimum Gasteiger partial charge on any atom is -0.468 e. The summed E-state index contributed by atoms with van der Waals surface area (Å²) in [6, 6.07) is 0.245. The topological polar surface area (TPSA) is 64.1 Å². The van der Waals surface area contributed by atoms with Crippen LogP contribution in [-0.2, 0) is 9.53 Å². The zero-order valence-electron chi connectivity index (χ0n) is 12.1. The molecular weight excluding hydrogens is 274 g/mol. The Bertz CT molecular complexity index is 455. The fourth-order valence-electron chi connectivity index (χ4n) is 2.74. The normalized spacial score (nSPS) is 25.9. The Labute approximate surface area is 123 Å². The van der Waals surface area contributed by atoms with E-state index in [4.69, 9.17) is 4.74 Å². The smallest absolute Gasteiger partial charge is 0.326 e. The second kappa shape index (κ2) is 6.54. The first kappa shape index (κ1) is 15.3. The van der Waals surface area contributed by atoms with Crippen LogP contribution in [0.3, 0.4) is 0 Å². The molecule has 1 aromatic rings. The molecule has 2 atom stereocenters. The Morgan fingerprint density at radius 1 is 1.55 bits per heavy atom. The van der Waals surface area contributed by atoms with Crippen LogP contribution in [0.1, 0.15) is 33.1 Å². The molecule has 0 spiro atoms. The number of esters is 1. The number of ether oxygens (including phenoxy) is 1. The van der Waals surface area contributed by atoms with E-state index in [2.05, 4.69) is 15.3 Å². The molecule has 110 valence electrons. The minimum atomic E-state index is -0.553. The Balaban J connectivity index is 2.05. The molecule has 1 saturated carbocycles. The van der Waals surface area contributed by atoms with E-state index in [0.29, 0.717) is 5.25 Å². The van der Waals surface area contributed by atoms with Crippen molar-refractivity contribution in [2.24, 2.45) is 0 Å². The summed E-state index contributed by atoms with van der Waals surface area (Å²) in [6.07, 6.45) is 7.65. The van der Waals surface area contributed by atoms with E-state index in [9.17, 15) is 4.79 Å². The first-order valence-electron chi connectivity index (χ1n) is 6.84. The number of hydrogen-bond donors (Lipinski definition) is 1. The maximum absolute atomic E-state index is 12.1. The highest BCUT2D eigenvalue weighted by Gasteiger charge is 2.46. The second-order valence-electron chi connectivity index (χ2n) is 5.40. The molecule has 1 fully saturated rings. The molecule has 6 heteroatoms. The molecule has 2 unspecified atom stereocenters. The van der Waals surface area contributed by atoms with Crippen LogP contribution in [0.25, 0.3) is 0 Å². The van der Waals surface area contributed by atoms with Gasteiger partial charge in [-0.05, 0) is 33.1 Å².